The quantitative estimate of drug-likeness (QED) is 0.867. The molecular weight excluding hydrogens is 294 g/mol. The van der Waals surface area contributed by atoms with Gasteiger partial charge in [-0.25, -0.2) is 4.98 Å². The Balaban J connectivity index is 1.57. The molecule has 0 radical (unpaired) electrons. The van der Waals surface area contributed by atoms with Gasteiger partial charge < -0.3 is 4.90 Å². The molecule has 22 heavy (non-hydrogen) atoms. The molecular formula is C17H21N3OS. The number of thioether (sulfide) groups is 1. The van der Waals surface area contributed by atoms with E-state index < -0.39 is 0 Å². The number of rotatable bonds is 4. The van der Waals surface area contributed by atoms with Gasteiger partial charge in [-0.05, 0) is 18.2 Å². The highest BCUT2D eigenvalue weighted by molar-refractivity contribution is 8.13. The fraction of sp³-hybridized carbons (Fsp3) is 0.412. The average Bonchev–Trinajstić information content (AvgIpc) is 2.55. The smallest absolute Gasteiger partial charge is 0.185 e. The van der Waals surface area contributed by atoms with Crippen molar-refractivity contribution in [3.05, 3.63) is 36.4 Å². The Morgan fingerprint density at radius 1 is 1.14 bits per heavy atom. The van der Waals surface area contributed by atoms with E-state index in [0.717, 1.165) is 49.8 Å². The van der Waals surface area contributed by atoms with Crippen molar-refractivity contribution in [2.45, 2.75) is 6.92 Å². The van der Waals surface area contributed by atoms with Crippen LogP contribution in [0.1, 0.15) is 6.92 Å². The molecule has 4 nitrogen and oxygen atoms in total. The van der Waals surface area contributed by atoms with E-state index in [9.17, 15) is 4.79 Å². The first-order valence-electron chi connectivity index (χ1n) is 7.69. The van der Waals surface area contributed by atoms with Gasteiger partial charge in [0.2, 0.25) is 0 Å². The van der Waals surface area contributed by atoms with Gasteiger partial charge in [-0.2, -0.15) is 0 Å². The zero-order valence-electron chi connectivity index (χ0n) is 12.9. The number of nitrogens with zero attached hydrogens (tertiary/aromatic N) is 3. The van der Waals surface area contributed by atoms with Crippen molar-refractivity contribution in [2.75, 3.05) is 43.4 Å². The summed E-state index contributed by atoms with van der Waals surface area (Å²) >= 11 is 1.42. The molecule has 2 heterocycles. The number of aromatic nitrogens is 1. The molecule has 0 N–H and O–H groups in total. The number of carbonyl (C=O) groups is 1. The topological polar surface area (TPSA) is 36.4 Å². The molecule has 0 saturated carbocycles. The summed E-state index contributed by atoms with van der Waals surface area (Å²) in [6.45, 7) is 6.68. The molecule has 1 aliphatic heterocycles. The molecule has 1 aromatic heterocycles. The zero-order valence-corrected chi connectivity index (χ0v) is 13.7. The Kier molecular flexibility index (Phi) is 4.95. The van der Waals surface area contributed by atoms with E-state index in [-0.39, 0.29) is 5.12 Å². The SMILES string of the molecule is CC(=O)SCCN1CCN(c2ccc3ccccc3n2)CC1. The van der Waals surface area contributed by atoms with Crippen LogP contribution in [-0.4, -0.2) is 53.5 Å². The predicted molar refractivity (Wildman–Crippen MR) is 93.5 cm³/mol. The number of para-hydroxylation sites is 1. The number of benzene rings is 1. The maximum atomic E-state index is 11.0. The summed E-state index contributed by atoms with van der Waals surface area (Å²) in [6.07, 6.45) is 0. The molecule has 1 aliphatic rings. The molecule has 1 aromatic carbocycles. The van der Waals surface area contributed by atoms with Crippen LogP contribution in [0.5, 0.6) is 0 Å². The van der Waals surface area contributed by atoms with Gasteiger partial charge >= 0.3 is 0 Å². The lowest BCUT2D eigenvalue weighted by Gasteiger charge is -2.35. The summed E-state index contributed by atoms with van der Waals surface area (Å²) in [5, 5.41) is 1.39. The van der Waals surface area contributed by atoms with E-state index >= 15 is 0 Å². The van der Waals surface area contributed by atoms with Crippen molar-refractivity contribution in [1.82, 2.24) is 9.88 Å². The Labute approximate surface area is 135 Å². The lowest BCUT2D eigenvalue weighted by molar-refractivity contribution is -0.109. The molecule has 0 amide bonds. The highest BCUT2D eigenvalue weighted by Gasteiger charge is 2.18. The molecule has 0 aliphatic carbocycles. The van der Waals surface area contributed by atoms with Crippen LogP contribution in [0.25, 0.3) is 10.9 Å². The van der Waals surface area contributed by atoms with Gasteiger partial charge in [0.25, 0.3) is 0 Å². The minimum atomic E-state index is 0.207. The standard InChI is InChI=1S/C17H21N3OS/c1-14(21)22-13-12-19-8-10-20(11-9-19)17-7-6-15-4-2-3-5-16(15)18-17/h2-7H,8-13H2,1H3. The molecule has 1 saturated heterocycles. The molecule has 2 aromatic rings. The van der Waals surface area contributed by atoms with E-state index in [2.05, 4.69) is 34.1 Å². The maximum absolute atomic E-state index is 11.0. The molecule has 116 valence electrons. The number of hydrogen-bond donors (Lipinski definition) is 0. The van der Waals surface area contributed by atoms with E-state index in [1.54, 1.807) is 6.92 Å². The van der Waals surface area contributed by atoms with Crippen molar-refractivity contribution in [1.29, 1.82) is 0 Å². The molecule has 0 spiro atoms. The Bertz CT molecular complexity index is 653. The summed E-state index contributed by atoms with van der Waals surface area (Å²) in [4.78, 5) is 20.5. The third kappa shape index (κ3) is 3.78. The van der Waals surface area contributed by atoms with Crippen LogP contribution in [0, 0.1) is 0 Å². The van der Waals surface area contributed by atoms with Crippen LogP contribution in [0.2, 0.25) is 0 Å². The molecule has 0 atom stereocenters. The molecule has 3 rings (SSSR count). The van der Waals surface area contributed by atoms with Gasteiger partial charge in [-0.15, -0.1) is 0 Å². The van der Waals surface area contributed by atoms with Crippen LogP contribution in [-0.2, 0) is 4.79 Å². The van der Waals surface area contributed by atoms with Gasteiger partial charge in [0.05, 0.1) is 5.52 Å². The van der Waals surface area contributed by atoms with Crippen molar-refractivity contribution in [2.24, 2.45) is 0 Å². The number of hydrogen-bond acceptors (Lipinski definition) is 5. The average molecular weight is 315 g/mol. The van der Waals surface area contributed by atoms with Crippen molar-refractivity contribution in [3.63, 3.8) is 0 Å². The van der Waals surface area contributed by atoms with Crippen LogP contribution in [0.3, 0.4) is 0 Å². The second-order valence-corrected chi connectivity index (χ2v) is 6.80. The van der Waals surface area contributed by atoms with Gasteiger partial charge in [0.1, 0.15) is 5.82 Å². The van der Waals surface area contributed by atoms with Crippen LogP contribution in [0.4, 0.5) is 5.82 Å². The van der Waals surface area contributed by atoms with Gasteiger partial charge in [-0.3, -0.25) is 9.69 Å². The van der Waals surface area contributed by atoms with E-state index in [1.165, 1.54) is 17.1 Å². The Morgan fingerprint density at radius 2 is 1.91 bits per heavy atom. The lowest BCUT2D eigenvalue weighted by atomic mass is 10.2. The van der Waals surface area contributed by atoms with Gasteiger partial charge in [0, 0.05) is 50.8 Å². The monoisotopic (exact) mass is 315 g/mol. The van der Waals surface area contributed by atoms with Crippen LogP contribution >= 0.6 is 11.8 Å². The third-order valence-electron chi connectivity index (χ3n) is 3.99. The number of pyridine rings is 1. The van der Waals surface area contributed by atoms with Crippen molar-refractivity contribution >= 4 is 33.6 Å². The molecule has 0 bridgehead atoms. The van der Waals surface area contributed by atoms with Gasteiger partial charge in [0.15, 0.2) is 5.12 Å². The van der Waals surface area contributed by atoms with Crippen molar-refractivity contribution < 1.29 is 4.79 Å². The molecule has 5 heteroatoms. The van der Waals surface area contributed by atoms with E-state index in [0.29, 0.717) is 0 Å². The number of anilines is 1. The van der Waals surface area contributed by atoms with Crippen LogP contribution in [0.15, 0.2) is 36.4 Å². The summed E-state index contributed by atoms with van der Waals surface area (Å²) in [5.74, 6) is 1.96. The van der Waals surface area contributed by atoms with Crippen LogP contribution < -0.4 is 4.90 Å². The number of piperazine rings is 1. The largest absolute Gasteiger partial charge is 0.354 e. The highest BCUT2D eigenvalue weighted by Crippen LogP contribution is 2.19. The Morgan fingerprint density at radius 3 is 2.68 bits per heavy atom. The van der Waals surface area contributed by atoms with E-state index in [1.807, 2.05) is 12.1 Å². The summed E-state index contributed by atoms with van der Waals surface area (Å²) in [6, 6.07) is 12.5. The summed E-state index contributed by atoms with van der Waals surface area (Å²) in [7, 11) is 0. The molecule has 0 unspecified atom stereocenters. The van der Waals surface area contributed by atoms with E-state index in [4.69, 9.17) is 4.98 Å². The second-order valence-electron chi connectivity index (χ2n) is 5.53. The number of carbonyl (C=O) groups excluding carboxylic acids is 1. The second kappa shape index (κ2) is 7.11. The minimum absolute atomic E-state index is 0.207. The first kappa shape index (κ1) is 15.3. The first-order valence-corrected chi connectivity index (χ1v) is 8.67. The lowest BCUT2D eigenvalue weighted by Crippen LogP contribution is -2.47. The fourth-order valence-electron chi connectivity index (χ4n) is 2.75. The first-order chi connectivity index (χ1) is 10.7. The Hall–Kier alpha value is -1.59. The van der Waals surface area contributed by atoms with Gasteiger partial charge in [-0.1, -0.05) is 30.0 Å². The third-order valence-corrected chi connectivity index (χ3v) is 4.79. The zero-order chi connectivity index (χ0) is 15.4. The highest BCUT2D eigenvalue weighted by atomic mass is 32.2. The number of fused-ring (bicyclic) bond motifs is 1. The molecule has 1 fully saturated rings. The minimum Gasteiger partial charge on any atom is -0.354 e. The normalized spacial score (nSPS) is 16.1. The fourth-order valence-corrected chi connectivity index (χ4v) is 3.39. The maximum Gasteiger partial charge on any atom is 0.185 e. The summed E-state index contributed by atoms with van der Waals surface area (Å²) in [5.41, 5.74) is 1.06. The summed E-state index contributed by atoms with van der Waals surface area (Å²) < 4.78 is 0. The van der Waals surface area contributed by atoms with Crippen molar-refractivity contribution in [3.8, 4) is 0 Å². The predicted octanol–water partition coefficient (Wildman–Crippen LogP) is 2.64.